The first kappa shape index (κ1) is 9.13. The molecule has 64 valence electrons. The average molecular weight is 182 g/mol. The zero-order valence-corrected chi connectivity index (χ0v) is 7.34. The topological polar surface area (TPSA) is 63.8 Å². The molecule has 1 atom stereocenters. The van der Waals surface area contributed by atoms with Crippen molar-refractivity contribution in [2.24, 2.45) is 5.84 Å². The summed E-state index contributed by atoms with van der Waals surface area (Å²) < 4.78 is 3.74. The molecule has 12 heavy (non-hydrogen) atoms. The number of hydrogen-bond acceptors (Lipinski definition) is 5. The zero-order valence-electron chi connectivity index (χ0n) is 6.53. The number of nitrogens with two attached hydrogens (primary N) is 1. The Morgan fingerprint density at radius 3 is 3.17 bits per heavy atom. The number of hydrazine groups is 1. The van der Waals surface area contributed by atoms with Crippen LogP contribution in [0.5, 0.6) is 0 Å². The van der Waals surface area contributed by atoms with Crippen molar-refractivity contribution in [1.29, 1.82) is 0 Å². The molecule has 0 saturated heterocycles. The smallest absolute Gasteiger partial charge is 0.0938 e. The Morgan fingerprint density at radius 2 is 2.67 bits per heavy atom. The van der Waals surface area contributed by atoms with Crippen LogP contribution >= 0.6 is 11.5 Å². The van der Waals surface area contributed by atoms with Gasteiger partial charge in [0.25, 0.3) is 0 Å². The van der Waals surface area contributed by atoms with Crippen LogP contribution in [-0.2, 0) is 0 Å². The molecule has 3 N–H and O–H groups in total. The Kier molecular flexibility index (Phi) is 3.67. The van der Waals surface area contributed by atoms with Gasteiger partial charge in [-0.05, 0) is 18.0 Å². The van der Waals surface area contributed by atoms with E-state index < -0.39 is 0 Å². The van der Waals surface area contributed by atoms with Gasteiger partial charge in [-0.25, -0.2) is 0 Å². The molecular weight excluding hydrogens is 172 g/mol. The summed E-state index contributed by atoms with van der Waals surface area (Å²) >= 11 is 1.31. The Balaban J connectivity index is 2.52. The van der Waals surface area contributed by atoms with Gasteiger partial charge in [-0.15, -0.1) is 17.4 Å². The molecule has 0 aliphatic rings. The number of aromatic nitrogens is 2. The molecule has 1 heterocycles. The summed E-state index contributed by atoms with van der Waals surface area (Å²) in [7, 11) is 0. The van der Waals surface area contributed by atoms with E-state index in [1.54, 1.807) is 0 Å². The molecule has 1 rings (SSSR count). The second-order valence-electron chi connectivity index (χ2n) is 2.29. The molecule has 0 aliphatic heterocycles. The molecule has 1 unspecified atom stereocenters. The molecule has 0 bridgehead atoms. The van der Waals surface area contributed by atoms with Gasteiger partial charge in [0.1, 0.15) is 0 Å². The van der Waals surface area contributed by atoms with Crippen molar-refractivity contribution >= 4 is 11.5 Å². The molecule has 1 aromatic rings. The fraction of sp³-hybridized carbons (Fsp3) is 0.429. The van der Waals surface area contributed by atoms with E-state index in [4.69, 9.17) is 12.3 Å². The normalized spacial score (nSPS) is 12.3. The highest BCUT2D eigenvalue weighted by molar-refractivity contribution is 7.03. The first-order valence-corrected chi connectivity index (χ1v) is 4.38. The zero-order chi connectivity index (χ0) is 8.81. The SMILES string of the molecule is C#CCCC(NN)c1csnn1. The maximum atomic E-state index is 5.32. The summed E-state index contributed by atoms with van der Waals surface area (Å²) in [5, 5.41) is 5.76. The molecular formula is C7H10N4S. The highest BCUT2D eigenvalue weighted by Crippen LogP contribution is 2.15. The van der Waals surface area contributed by atoms with Gasteiger partial charge >= 0.3 is 0 Å². The predicted molar refractivity (Wildman–Crippen MR) is 48.0 cm³/mol. The van der Waals surface area contributed by atoms with E-state index in [1.807, 2.05) is 5.38 Å². The second-order valence-corrected chi connectivity index (χ2v) is 2.90. The quantitative estimate of drug-likeness (QED) is 0.403. The van der Waals surface area contributed by atoms with Gasteiger partial charge in [-0.3, -0.25) is 11.3 Å². The van der Waals surface area contributed by atoms with Crippen molar-refractivity contribution in [2.75, 3.05) is 0 Å². The van der Waals surface area contributed by atoms with E-state index in [0.717, 1.165) is 12.1 Å². The molecule has 5 heteroatoms. The standard InChI is InChI=1S/C7H10N4S/c1-2-3-4-6(9-8)7-5-12-11-10-7/h1,5-6,9H,3-4,8H2. The highest BCUT2D eigenvalue weighted by atomic mass is 32.1. The summed E-state index contributed by atoms with van der Waals surface area (Å²) in [5.41, 5.74) is 3.51. The van der Waals surface area contributed by atoms with Crippen LogP contribution in [0.15, 0.2) is 5.38 Å². The molecule has 0 radical (unpaired) electrons. The van der Waals surface area contributed by atoms with Gasteiger partial charge in [-0.2, -0.15) is 0 Å². The van der Waals surface area contributed by atoms with E-state index in [-0.39, 0.29) is 6.04 Å². The van der Waals surface area contributed by atoms with Crippen LogP contribution in [0.4, 0.5) is 0 Å². The van der Waals surface area contributed by atoms with Crippen LogP contribution in [0, 0.1) is 12.3 Å². The van der Waals surface area contributed by atoms with Gasteiger partial charge in [0, 0.05) is 11.8 Å². The molecule has 0 aliphatic carbocycles. The minimum atomic E-state index is 0.0276. The summed E-state index contributed by atoms with van der Waals surface area (Å²) in [4.78, 5) is 0. The molecule has 0 amide bonds. The maximum absolute atomic E-state index is 5.32. The average Bonchev–Trinajstić information content (AvgIpc) is 2.59. The number of nitrogens with zero attached hydrogens (tertiary/aromatic N) is 2. The first-order chi connectivity index (χ1) is 5.88. The van der Waals surface area contributed by atoms with Crippen molar-refractivity contribution in [3.05, 3.63) is 11.1 Å². The van der Waals surface area contributed by atoms with E-state index in [0.29, 0.717) is 6.42 Å². The molecule has 0 aromatic carbocycles. The minimum absolute atomic E-state index is 0.0276. The Hall–Kier alpha value is -0.960. The molecule has 0 fully saturated rings. The van der Waals surface area contributed by atoms with Gasteiger partial charge in [0.05, 0.1) is 11.7 Å². The van der Waals surface area contributed by atoms with Crippen LogP contribution in [0.2, 0.25) is 0 Å². The summed E-state index contributed by atoms with van der Waals surface area (Å²) in [6.45, 7) is 0. The fourth-order valence-corrected chi connectivity index (χ4v) is 1.38. The first-order valence-electron chi connectivity index (χ1n) is 3.55. The third kappa shape index (κ3) is 2.27. The lowest BCUT2D eigenvalue weighted by Crippen LogP contribution is -2.28. The molecule has 4 nitrogen and oxygen atoms in total. The summed E-state index contributed by atoms with van der Waals surface area (Å²) in [6, 6.07) is 0.0276. The van der Waals surface area contributed by atoms with E-state index in [1.165, 1.54) is 11.5 Å². The van der Waals surface area contributed by atoms with Crippen molar-refractivity contribution < 1.29 is 0 Å². The van der Waals surface area contributed by atoms with E-state index in [9.17, 15) is 0 Å². The Labute approximate surface area is 75.3 Å². The van der Waals surface area contributed by atoms with Crippen LogP contribution in [0.3, 0.4) is 0 Å². The van der Waals surface area contributed by atoms with Crippen LogP contribution in [0.25, 0.3) is 0 Å². The largest absolute Gasteiger partial charge is 0.271 e. The van der Waals surface area contributed by atoms with E-state index >= 15 is 0 Å². The number of nitrogens with one attached hydrogen (secondary N) is 1. The molecule has 1 aromatic heterocycles. The third-order valence-electron chi connectivity index (χ3n) is 1.51. The van der Waals surface area contributed by atoms with Gasteiger partial charge < -0.3 is 0 Å². The third-order valence-corrected chi connectivity index (χ3v) is 2.04. The molecule has 0 spiro atoms. The van der Waals surface area contributed by atoms with Crippen molar-refractivity contribution in [1.82, 2.24) is 15.0 Å². The van der Waals surface area contributed by atoms with E-state index in [2.05, 4.69) is 20.9 Å². The van der Waals surface area contributed by atoms with Crippen LogP contribution in [0.1, 0.15) is 24.6 Å². The van der Waals surface area contributed by atoms with Gasteiger partial charge in [0.15, 0.2) is 0 Å². The maximum Gasteiger partial charge on any atom is 0.0938 e. The minimum Gasteiger partial charge on any atom is -0.271 e. The van der Waals surface area contributed by atoms with Crippen molar-refractivity contribution in [3.8, 4) is 12.3 Å². The fourth-order valence-electron chi connectivity index (χ4n) is 0.868. The lowest BCUT2D eigenvalue weighted by atomic mass is 10.1. The second kappa shape index (κ2) is 4.83. The molecule has 0 saturated carbocycles. The van der Waals surface area contributed by atoms with Gasteiger partial charge in [-0.1, -0.05) is 4.49 Å². The Bertz CT molecular complexity index is 251. The predicted octanol–water partition coefficient (Wildman–Crippen LogP) is 0.456. The Morgan fingerprint density at radius 1 is 1.83 bits per heavy atom. The van der Waals surface area contributed by atoms with Crippen LogP contribution < -0.4 is 11.3 Å². The number of hydrogen-bond donors (Lipinski definition) is 2. The van der Waals surface area contributed by atoms with Crippen molar-refractivity contribution in [2.45, 2.75) is 18.9 Å². The summed E-state index contributed by atoms with van der Waals surface area (Å²) in [6.07, 6.45) is 6.61. The number of rotatable bonds is 4. The monoisotopic (exact) mass is 182 g/mol. The summed E-state index contributed by atoms with van der Waals surface area (Å²) in [5.74, 6) is 7.88. The highest BCUT2D eigenvalue weighted by Gasteiger charge is 2.10. The lowest BCUT2D eigenvalue weighted by Gasteiger charge is -2.09. The van der Waals surface area contributed by atoms with Gasteiger partial charge in [0.2, 0.25) is 0 Å². The number of terminal acetylenes is 1. The lowest BCUT2D eigenvalue weighted by molar-refractivity contribution is 0.510. The van der Waals surface area contributed by atoms with Crippen LogP contribution in [-0.4, -0.2) is 9.59 Å². The van der Waals surface area contributed by atoms with Crippen molar-refractivity contribution in [3.63, 3.8) is 0 Å².